The second-order valence-electron chi connectivity index (χ2n) is 3.49. The van der Waals surface area contributed by atoms with Crippen LogP contribution in [-0.2, 0) is 6.42 Å². The second-order valence-corrected chi connectivity index (χ2v) is 4.34. The molecule has 3 heteroatoms. The van der Waals surface area contributed by atoms with Gasteiger partial charge in [-0.05, 0) is 36.9 Å². The van der Waals surface area contributed by atoms with Gasteiger partial charge in [0.25, 0.3) is 0 Å². The van der Waals surface area contributed by atoms with Crippen LogP contribution in [0.3, 0.4) is 0 Å². The highest BCUT2D eigenvalue weighted by Crippen LogP contribution is 2.26. The summed E-state index contributed by atoms with van der Waals surface area (Å²) in [4.78, 5) is 4.42. The smallest absolute Gasteiger partial charge is 0.0493 e. The summed E-state index contributed by atoms with van der Waals surface area (Å²) in [5.74, 6) is 0. The number of halogens is 1. The van der Waals surface area contributed by atoms with E-state index in [-0.39, 0.29) is 0 Å². The summed E-state index contributed by atoms with van der Waals surface area (Å²) in [5.41, 5.74) is 6.65. The van der Waals surface area contributed by atoms with Crippen molar-refractivity contribution in [3.63, 3.8) is 0 Å². The lowest BCUT2D eigenvalue weighted by Gasteiger charge is -2.06. The zero-order chi connectivity index (χ0) is 10.7. The molecule has 2 N–H and O–H groups in total. The summed E-state index contributed by atoms with van der Waals surface area (Å²) >= 11 is 3.57. The molecule has 2 rings (SSSR count). The summed E-state index contributed by atoms with van der Waals surface area (Å²) in [7, 11) is 0. The third-order valence-electron chi connectivity index (χ3n) is 2.44. The van der Waals surface area contributed by atoms with Crippen molar-refractivity contribution in [2.45, 2.75) is 12.8 Å². The average Bonchev–Trinajstić information content (AvgIpc) is 2.26. The van der Waals surface area contributed by atoms with Gasteiger partial charge in [-0.1, -0.05) is 28.1 Å². The number of rotatable bonds is 3. The van der Waals surface area contributed by atoms with E-state index >= 15 is 0 Å². The number of nitrogens with two attached hydrogens (primary N) is 1. The van der Waals surface area contributed by atoms with Gasteiger partial charge in [-0.25, -0.2) is 0 Å². The summed E-state index contributed by atoms with van der Waals surface area (Å²) in [5, 5.41) is 2.44. The van der Waals surface area contributed by atoms with Gasteiger partial charge in [0.15, 0.2) is 0 Å². The number of benzene rings is 1. The lowest BCUT2D eigenvalue weighted by atomic mass is 10.1. The molecule has 0 aliphatic heterocycles. The van der Waals surface area contributed by atoms with E-state index in [0.717, 1.165) is 23.0 Å². The molecule has 0 saturated heterocycles. The summed E-state index contributed by atoms with van der Waals surface area (Å²) in [6, 6.07) is 8.23. The molecule has 0 unspecified atom stereocenters. The number of fused-ring (bicyclic) bond motifs is 1. The fourth-order valence-electron chi connectivity index (χ4n) is 1.72. The number of pyridine rings is 1. The Hall–Kier alpha value is -0.930. The fourth-order valence-corrected chi connectivity index (χ4v) is 2.33. The van der Waals surface area contributed by atoms with E-state index in [2.05, 4.69) is 33.0 Å². The molecule has 0 radical (unpaired) electrons. The van der Waals surface area contributed by atoms with E-state index in [4.69, 9.17) is 5.73 Å². The van der Waals surface area contributed by atoms with E-state index < -0.39 is 0 Å². The number of aryl methyl sites for hydroxylation is 1. The van der Waals surface area contributed by atoms with Gasteiger partial charge in [0, 0.05) is 21.7 Å². The highest BCUT2D eigenvalue weighted by Gasteiger charge is 2.04. The molecule has 0 spiro atoms. The maximum atomic E-state index is 5.52. The lowest BCUT2D eigenvalue weighted by Crippen LogP contribution is -2.02. The van der Waals surface area contributed by atoms with Crippen molar-refractivity contribution in [2.75, 3.05) is 6.54 Å². The molecule has 0 aliphatic carbocycles. The van der Waals surface area contributed by atoms with Crippen molar-refractivity contribution in [2.24, 2.45) is 5.73 Å². The predicted octanol–water partition coefficient (Wildman–Crippen LogP) is 2.89. The van der Waals surface area contributed by atoms with Gasteiger partial charge in [-0.2, -0.15) is 0 Å². The Labute approximate surface area is 97.6 Å². The first kappa shape index (κ1) is 10.6. The number of nitrogens with zero attached hydrogens (tertiary/aromatic N) is 1. The van der Waals surface area contributed by atoms with Gasteiger partial charge in [0.1, 0.15) is 0 Å². The standard InChI is InChI=1S/C12H13BrN2/c13-10-4-1-3-9-6-8-15-11(12(9)10)5-2-7-14/h1,3-4,6,8H,2,5,7,14H2. The van der Waals surface area contributed by atoms with Crippen molar-refractivity contribution in [1.82, 2.24) is 4.98 Å². The molecule has 1 aromatic heterocycles. The summed E-state index contributed by atoms with van der Waals surface area (Å²) in [6.45, 7) is 0.711. The first-order chi connectivity index (χ1) is 7.33. The molecule has 0 saturated carbocycles. The van der Waals surface area contributed by atoms with Crippen molar-refractivity contribution in [3.05, 3.63) is 40.6 Å². The third-order valence-corrected chi connectivity index (χ3v) is 3.10. The van der Waals surface area contributed by atoms with Gasteiger partial charge in [0.2, 0.25) is 0 Å². The molecule has 1 aromatic carbocycles. The predicted molar refractivity (Wildman–Crippen MR) is 66.8 cm³/mol. The molecule has 78 valence electrons. The number of hydrogen-bond donors (Lipinski definition) is 1. The molecular formula is C12H13BrN2. The van der Waals surface area contributed by atoms with E-state index in [1.165, 1.54) is 10.8 Å². The summed E-state index contributed by atoms with van der Waals surface area (Å²) in [6.07, 6.45) is 3.78. The highest BCUT2D eigenvalue weighted by molar-refractivity contribution is 9.10. The Morgan fingerprint density at radius 1 is 1.27 bits per heavy atom. The van der Waals surface area contributed by atoms with Crippen LogP contribution in [0, 0.1) is 0 Å². The van der Waals surface area contributed by atoms with E-state index in [1.54, 1.807) is 0 Å². The van der Waals surface area contributed by atoms with Gasteiger partial charge >= 0.3 is 0 Å². The molecule has 2 nitrogen and oxygen atoms in total. The molecule has 2 aromatic rings. The van der Waals surface area contributed by atoms with Crippen molar-refractivity contribution >= 4 is 26.7 Å². The summed E-state index contributed by atoms with van der Waals surface area (Å²) < 4.78 is 1.11. The quantitative estimate of drug-likeness (QED) is 0.926. The van der Waals surface area contributed by atoms with Crippen LogP contribution >= 0.6 is 15.9 Å². The van der Waals surface area contributed by atoms with Gasteiger partial charge in [-0.15, -0.1) is 0 Å². The number of hydrogen-bond acceptors (Lipinski definition) is 2. The SMILES string of the molecule is NCCCc1nccc2cccc(Br)c12. The molecule has 15 heavy (non-hydrogen) atoms. The molecule has 0 bridgehead atoms. The van der Waals surface area contributed by atoms with Crippen molar-refractivity contribution in [1.29, 1.82) is 0 Å². The minimum atomic E-state index is 0.711. The van der Waals surface area contributed by atoms with Crippen molar-refractivity contribution < 1.29 is 0 Å². The average molecular weight is 265 g/mol. The topological polar surface area (TPSA) is 38.9 Å². The van der Waals surface area contributed by atoms with Crippen LogP contribution in [0.15, 0.2) is 34.9 Å². The Morgan fingerprint density at radius 3 is 2.93 bits per heavy atom. The van der Waals surface area contributed by atoms with Crippen LogP contribution in [0.2, 0.25) is 0 Å². The van der Waals surface area contributed by atoms with Crippen LogP contribution in [0.4, 0.5) is 0 Å². The maximum absolute atomic E-state index is 5.52. The Bertz CT molecular complexity index is 463. The minimum Gasteiger partial charge on any atom is -0.330 e. The largest absolute Gasteiger partial charge is 0.330 e. The fraction of sp³-hybridized carbons (Fsp3) is 0.250. The molecular weight excluding hydrogens is 252 g/mol. The van der Waals surface area contributed by atoms with Crippen LogP contribution in [-0.4, -0.2) is 11.5 Å². The normalized spacial score (nSPS) is 10.8. The molecule has 0 amide bonds. The van der Waals surface area contributed by atoms with E-state index in [9.17, 15) is 0 Å². The monoisotopic (exact) mass is 264 g/mol. The molecule has 0 aliphatic rings. The van der Waals surface area contributed by atoms with E-state index in [0.29, 0.717) is 6.54 Å². The maximum Gasteiger partial charge on any atom is 0.0493 e. The third kappa shape index (κ3) is 2.19. The Morgan fingerprint density at radius 2 is 2.13 bits per heavy atom. The highest BCUT2D eigenvalue weighted by atomic mass is 79.9. The first-order valence-corrected chi connectivity index (χ1v) is 5.84. The van der Waals surface area contributed by atoms with Crippen LogP contribution in [0.25, 0.3) is 10.8 Å². The molecule has 0 fully saturated rings. The zero-order valence-corrected chi connectivity index (χ0v) is 10.00. The number of aromatic nitrogens is 1. The lowest BCUT2D eigenvalue weighted by molar-refractivity contribution is 0.816. The van der Waals surface area contributed by atoms with Crippen molar-refractivity contribution in [3.8, 4) is 0 Å². The first-order valence-electron chi connectivity index (χ1n) is 5.05. The van der Waals surface area contributed by atoms with Gasteiger partial charge in [0.05, 0.1) is 0 Å². The molecule has 0 atom stereocenters. The Balaban J connectivity index is 2.53. The Kier molecular flexibility index (Phi) is 3.34. The minimum absolute atomic E-state index is 0.711. The van der Waals surface area contributed by atoms with Gasteiger partial charge < -0.3 is 5.73 Å². The van der Waals surface area contributed by atoms with Gasteiger partial charge in [-0.3, -0.25) is 4.98 Å². The van der Waals surface area contributed by atoms with Crippen LogP contribution in [0.5, 0.6) is 0 Å². The van der Waals surface area contributed by atoms with Crippen LogP contribution in [0.1, 0.15) is 12.1 Å². The zero-order valence-electron chi connectivity index (χ0n) is 8.41. The van der Waals surface area contributed by atoms with E-state index in [1.807, 2.05) is 18.3 Å². The molecule has 1 heterocycles. The van der Waals surface area contributed by atoms with Crippen LogP contribution < -0.4 is 5.73 Å². The second kappa shape index (κ2) is 4.73.